The normalized spacial score (nSPS) is 15.2. The van der Waals surface area contributed by atoms with E-state index in [-0.39, 0.29) is 16.7 Å². The van der Waals surface area contributed by atoms with E-state index in [4.69, 9.17) is 17.3 Å². The molecule has 4 N–H and O–H groups in total. The number of H-pyrrole nitrogens is 1. The van der Waals surface area contributed by atoms with E-state index in [0.717, 1.165) is 17.1 Å². The fourth-order valence-corrected chi connectivity index (χ4v) is 4.02. The Morgan fingerprint density at radius 2 is 1.79 bits per heavy atom. The highest BCUT2D eigenvalue weighted by Crippen LogP contribution is 2.39. The summed E-state index contributed by atoms with van der Waals surface area (Å²) in [6.45, 7) is 0.743. The Morgan fingerprint density at radius 3 is 2.41 bits per heavy atom. The van der Waals surface area contributed by atoms with Crippen molar-refractivity contribution in [3.05, 3.63) is 81.6 Å². The van der Waals surface area contributed by atoms with Crippen LogP contribution in [0, 0.1) is 0 Å². The largest absolute Gasteiger partial charge is 0.508 e. The van der Waals surface area contributed by atoms with Crippen LogP contribution in [0.4, 0.5) is 0 Å². The highest BCUT2D eigenvalue weighted by molar-refractivity contribution is 6.30. The van der Waals surface area contributed by atoms with Crippen LogP contribution in [-0.2, 0) is 5.41 Å². The first kappa shape index (κ1) is 21.1. The maximum Gasteiger partial charge on any atom is 0.264 e. The first-order valence-corrected chi connectivity index (χ1v) is 10.2. The molecular formula is C23H26ClN3O2. The van der Waals surface area contributed by atoms with Gasteiger partial charge in [-0.05, 0) is 48.7 Å². The van der Waals surface area contributed by atoms with E-state index in [1.807, 2.05) is 12.1 Å². The molecule has 0 bridgehead atoms. The molecule has 6 heteroatoms. The van der Waals surface area contributed by atoms with E-state index in [2.05, 4.69) is 22.3 Å². The topological polar surface area (TPSA) is 92.0 Å². The van der Waals surface area contributed by atoms with Crippen LogP contribution in [0.2, 0.25) is 5.02 Å². The van der Waals surface area contributed by atoms with Gasteiger partial charge in [0.05, 0.1) is 5.69 Å². The summed E-state index contributed by atoms with van der Waals surface area (Å²) in [5.74, 6) is 0.176. The predicted octanol–water partition coefficient (Wildman–Crippen LogP) is 4.64. The van der Waals surface area contributed by atoms with Crippen LogP contribution in [0.3, 0.4) is 0 Å². The third-order valence-corrected chi connectivity index (χ3v) is 5.69. The van der Waals surface area contributed by atoms with E-state index in [0.29, 0.717) is 5.69 Å². The second-order valence-electron chi connectivity index (χ2n) is 7.41. The van der Waals surface area contributed by atoms with Crippen LogP contribution in [0.25, 0.3) is 11.3 Å². The zero-order chi connectivity index (χ0) is 20.7. The van der Waals surface area contributed by atoms with Crippen LogP contribution < -0.4 is 11.3 Å². The molecule has 5 nitrogen and oxygen atoms in total. The molecule has 1 fully saturated rings. The van der Waals surface area contributed by atoms with E-state index < -0.39 is 0 Å². The van der Waals surface area contributed by atoms with Gasteiger partial charge in [-0.2, -0.15) is 5.10 Å². The van der Waals surface area contributed by atoms with Crippen LogP contribution in [0.1, 0.15) is 37.7 Å². The van der Waals surface area contributed by atoms with Gasteiger partial charge in [0.25, 0.3) is 5.56 Å². The number of hydrogen-bond donors (Lipinski definition) is 3. The monoisotopic (exact) mass is 411 g/mol. The van der Waals surface area contributed by atoms with Crippen LogP contribution >= 0.6 is 11.6 Å². The molecule has 1 aliphatic rings. The van der Waals surface area contributed by atoms with Crippen LogP contribution in [0.15, 0.2) is 65.5 Å². The molecule has 0 saturated heterocycles. The summed E-state index contributed by atoms with van der Waals surface area (Å²) in [6, 6.07) is 17.9. The Balaban J connectivity index is 0.000000166. The van der Waals surface area contributed by atoms with E-state index in [9.17, 15) is 9.90 Å². The smallest absolute Gasteiger partial charge is 0.264 e. The molecule has 1 aliphatic carbocycles. The molecule has 4 rings (SSSR count). The molecule has 1 saturated carbocycles. The van der Waals surface area contributed by atoms with Crippen molar-refractivity contribution < 1.29 is 5.11 Å². The summed E-state index contributed by atoms with van der Waals surface area (Å²) >= 11 is 6.04. The Hall–Kier alpha value is -2.63. The molecule has 29 heavy (non-hydrogen) atoms. The highest BCUT2D eigenvalue weighted by Gasteiger charge is 2.32. The van der Waals surface area contributed by atoms with Gasteiger partial charge in [-0.15, -0.1) is 0 Å². The summed E-state index contributed by atoms with van der Waals surface area (Å²) in [7, 11) is 0. The van der Waals surface area contributed by atoms with Gasteiger partial charge >= 0.3 is 0 Å². The van der Waals surface area contributed by atoms with Gasteiger partial charge in [-0.3, -0.25) is 4.79 Å². The van der Waals surface area contributed by atoms with Gasteiger partial charge in [0, 0.05) is 28.6 Å². The zero-order valence-electron chi connectivity index (χ0n) is 16.3. The molecule has 3 aromatic rings. The van der Waals surface area contributed by atoms with Gasteiger partial charge in [-0.1, -0.05) is 55.1 Å². The maximum atomic E-state index is 10.8. The molecule has 0 atom stereocenters. The maximum absolute atomic E-state index is 10.8. The summed E-state index contributed by atoms with van der Waals surface area (Å²) < 4.78 is 0. The lowest BCUT2D eigenvalue weighted by Crippen LogP contribution is -2.37. The molecule has 1 heterocycles. The average Bonchev–Trinajstić information content (AvgIpc) is 2.75. The fourth-order valence-electron chi connectivity index (χ4n) is 3.83. The van der Waals surface area contributed by atoms with Crippen molar-refractivity contribution in [2.45, 2.75) is 37.5 Å². The number of nitrogens with two attached hydrogens (primary N) is 1. The Kier molecular flexibility index (Phi) is 7.07. The molecule has 0 spiro atoms. The number of rotatable bonds is 3. The summed E-state index contributed by atoms with van der Waals surface area (Å²) in [5.41, 5.74) is 8.65. The zero-order valence-corrected chi connectivity index (χ0v) is 17.0. The van der Waals surface area contributed by atoms with Gasteiger partial charge in [0.1, 0.15) is 5.75 Å². The number of aromatic amines is 1. The molecule has 0 aliphatic heterocycles. The lowest BCUT2D eigenvalue weighted by molar-refractivity contribution is 0.301. The van der Waals surface area contributed by atoms with Crippen molar-refractivity contribution in [1.82, 2.24) is 10.2 Å². The van der Waals surface area contributed by atoms with E-state index in [1.54, 1.807) is 30.3 Å². The molecular weight excluding hydrogens is 386 g/mol. The van der Waals surface area contributed by atoms with Crippen molar-refractivity contribution in [3.8, 4) is 17.0 Å². The van der Waals surface area contributed by atoms with Crippen LogP contribution in [-0.4, -0.2) is 21.8 Å². The SMILES string of the molecule is NCC1(c2cccc(Cl)c2)CCCCC1.O=c1ccc(-c2cccc(O)c2)n[nH]1. The van der Waals surface area contributed by atoms with Gasteiger partial charge < -0.3 is 10.8 Å². The first-order valence-electron chi connectivity index (χ1n) is 9.84. The van der Waals surface area contributed by atoms with Crippen molar-refractivity contribution in [2.75, 3.05) is 6.54 Å². The molecule has 0 amide bonds. The number of benzene rings is 2. The number of phenols is 1. The molecule has 152 valence electrons. The Bertz CT molecular complexity index is 977. The van der Waals surface area contributed by atoms with Gasteiger partial charge in [0.15, 0.2) is 0 Å². The van der Waals surface area contributed by atoms with Crippen molar-refractivity contribution in [3.63, 3.8) is 0 Å². The Morgan fingerprint density at radius 1 is 1.03 bits per heavy atom. The summed E-state index contributed by atoms with van der Waals surface area (Å²) in [6.07, 6.45) is 6.36. The number of hydrogen-bond acceptors (Lipinski definition) is 4. The third-order valence-electron chi connectivity index (χ3n) is 5.46. The van der Waals surface area contributed by atoms with Crippen molar-refractivity contribution in [1.29, 1.82) is 0 Å². The Labute approximate surface area is 175 Å². The average molecular weight is 412 g/mol. The number of halogens is 1. The number of nitrogens with one attached hydrogen (secondary N) is 1. The number of aromatic nitrogens is 2. The second-order valence-corrected chi connectivity index (χ2v) is 7.85. The minimum Gasteiger partial charge on any atom is -0.508 e. The number of nitrogens with zero attached hydrogens (tertiary/aromatic N) is 1. The first-order chi connectivity index (χ1) is 14.0. The quantitative estimate of drug-likeness (QED) is 0.585. The van der Waals surface area contributed by atoms with Crippen molar-refractivity contribution in [2.24, 2.45) is 5.73 Å². The second kappa shape index (κ2) is 9.72. The standard InChI is InChI=1S/C13H18ClN.C10H8N2O2/c14-12-6-4-5-11(9-12)13(10-15)7-2-1-3-8-13;13-8-3-1-2-7(6-8)9-4-5-10(14)12-11-9/h4-6,9H,1-3,7-8,10,15H2;1-6,13H,(H,12,14). The number of phenolic OH excluding ortho intramolecular Hbond substituents is 1. The van der Waals surface area contributed by atoms with Gasteiger partial charge in [0.2, 0.25) is 0 Å². The molecule has 2 aromatic carbocycles. The fraction of sp³-hybridized carbons (Fsp3) is 0.304. The lowest BCUT2D eigenvalue weighted by atomic mass is 9.69. The lowest BCUT2D eigenvalue weighted by Gasteiger charge is -2.36. The van der Waals surface area contributed by atoms with Crippen LogP contribution in [0.5, 0.6) is 5.75 Å². The minimum absolute atomic E-state index is 0.176. The minimum atomic E-state index is -0.242. The summed E-state index contributed by atoms with van der Waals surface area (Å²) in [4.78, 5) is 10.8. The molecule has 1 aromatic heterocycles. The van der Waals surface area contributed by atoms with Crippen molar-refractivity contribution >= 4 is 11.6 Å². The third kappa shape index (κ3) is 5.46. The summed E-state index contributed by atoms with van der Waals surface area (Å²) in [5, 5.41) is 16.2. The number of aromatic hydroxyl groups is 1. The predicted molar refractivity (Wildman–Crippen MR) is 117 cm³/mol. The van der Waals surface area contributed by atoms with E-state index in [1.165, 1.54) is 43.7 Å². The molecule has 0 radical (unpaired) electrons. The highest BCUT2D eigenvalue weighted by atomic mass is 35.5. The van der Waals surface area contributed by atoms with Gasteiger partial charge in [-0.25, -0.2) is 5.10 Å². The molecule has 0 unspecified atom stereocenters. The van der Waals surface area contributed by atoms with E-state index >= 15 is 0 Å².